The number of para-hydroxylation sites is 3. The molecule has 0 radical (unpaired) electrons. The molecule has 626 valence electrons. The first-order valence-electron chi connectivity index (χ1n) is 45.8. The van der Waals surface area contributed by atoms with Gasteiger partial charge in [0.05, 0.1) is 38.8 Å². The van der Waals surface area contributed by atoms with E-state index >= 15 is 0 Å². The third-order valence-corrected chi connectivity index (χ3v) is 27.3. The molecule has 0 fully saturated rings. The molecular weight excluding hydrogens is 1640 g/mol. The minimum Gasteiger partial charge on any atom is -0.316 e. The van der Waals surface area contributed by atoms with E-state index < -0.39 is 0 Å². The van der Waals surface area contributed by atoms with Gasteiger partial charge in [-0.05, 0) is 230 Å². The largest absolute Gasteiger partial charge is 0.316 e. The lowest BCUT2D eigenvalue weighted by Gasteiger charge is -2.14. The molecule has 20 aromatic carbocycles. The van der Waals surface area contributed by atoms with E-state index in [4.69, 9.17) is 34.9 Å². The molecule has 10 nitrogen and oxygen atoms in total. The second-order valence-electron chi connectivity index (χ2n) is 35.0. The molecule has 10 heteroatoms. The summed E-state index contributed by atoms with van der Waals surface area (Å²) in [5.74, 6) is 3.45. The van der Waals surface area contributed by atoms with Crippen LogP contribution >= 0.6 is 0 Å². The van der Waals surface area contributed by atoms with Crippen molar-refractivity contribution < 1.29 is 0 Å². The zero-order valence-electron chi connectivity index (χ0n) is 72.9. The van der Waals surface area contributed by atoms with E-state index in [0.29, 0.717) is 23.4 Å². The van der Waals surface area contributed by atoms with Crippen molar-refractivity contribution in [3.8, 4) is 174 Å². The van der Waals surface area contributed by atoms with Gasteiger partial charge in [0.1, 0.15) is 5.69 Å². The van der Waals surface area contributed by atoms with Crippen LogP contribution in [-0.4, -0.2) is 48.6 Å². The maximum absolute atomic E-state index is 5.24. The fourth-order valence-corrected chi connectivity index (χ4v) is 21.0. The highest BCUT2D eigenvalue weighted by Gasteiger charge is 2.31. The van der Waals surface area contributed by atoms with Crippen LogP contribution in [0.1, 0.15) is 0 Å². The highest BCUT2D eigenvalue weighted by atomic mass is 15.2. The standard InChI is InChI=1S/C49H30N4.2C38H23N3/c1-2-12-32(13-3-1)47-50-48(52-49(51-47)37-22-21-31-11-4-5-14-34(31)27-37)33-23-25-38(26-24-33)53-30-44-43-29-36-16-7-6-15-35(36)28-42(43)40-18-9-8-17-39(40)41-19-10-20-45(53)46(41)44;1-2-11-24(12-3-1)37-38(40-34-19-9-8-18-33(34)39-37)41-23-32-31-22-26-14-5-4-13-25(26)21-30(31)28-16-7-6-15-27(28)29-17-10-20-35(41)36(29)32;1-2-11-24(12-3-1)37-30-17-8-9-19-34(30)39-38(40-37)41-23-33-32-22-26-14-5-4-13-25(26)21-31(32)28-16-7-6-15-27(28)29-18-10-20-35(41)36(29)33/h1-30H;2*1-23H. The zero-order valence-corrected chi connectivity index (χ0v) is 72.9. The minimum absolute atomic E-state index is 0.640. The van der Waals surface area contributed by atoms with Crippen molar-refractivity contribution in [3.05, 3.63) is 461 Å². The molecular formula is C125H76N10. The Hall–Kier alpha value is -18.3. The maximum atomic E-state index is 5.24. The third-order valence-electron chi connectivity index (χ3n) is 27.3. The van der Waals surface area contributed by atoms with Crippen LogP contribution in [0.15, 0.2) is 461 Å². The van der Waals surface area contributed by atoms with Crippen molar-refractivity contribution in [2.75, 3.05) is 0 Å². The van der Waals surface area contributed by atoms with E-state index in [-0.39, 0.29) is 0 Å². The van der Waals surface area contributed by atoms with E-state index in [9.17, 15) is 0 Å². The smallest absolute Gasteiger partial charge is 0.235 e. The van der Waals surface area contributed by atoms with Crippen LogP contribution in [0.2, 0.25) is 0 Å². The molecule has 0 saturated carbocycles. The number of aromatic nitrogens is 10. The van der Waals surface area contributed by atoms with Gasteiger partial charge in [-0.25, -0.2) is 34.9 Å². The van der Waals surface area contributed by atoms with E-state index in [1.54, 1.807) is 0 Å². The first kappa shape index (κ1) is 76.8. The summed E-state index contributed by atoms with van der Waals surface area (Å²) in [6.45, 7) is 0. The summed E-state index contributed by atoms with van der Waals surface area (Å²) in [5, 5.41) is 14.6. The highest BCUT2D eigenvalue weighted by molar-refractivity contribution is 6.19. The Kier molecular flexibility index (Phi) is 17.8. The molecule has 0 spiro atoms. The Balaban J connectivity index is 0.000000104. The van der Waals surface area contributed by atoms with E-state index in [2.05, 4.69) is 402 Å². The molecule has 6 heterocycles. The van der Waals surface area contributed by atoms with Gasteiger partial charge in [-0.1, -0.05) is 340 Å². The molecule has 26 aromatic rings. The minimum atomic E-state index is 0.640. The summed E-state index contributed by atoms with van der Waals surface area (Å²) in [6.07, 6.45) is 6.84. The van der Waals surface area contributed by atoms with Crippen LogP contribution in [-0.2, 0) is 0 Å². The Bertz CT molecular complexity index is 9380. The fraction of sp³-hybridized carbons (Fsp3) is 0. The van der Waals surface area contributed by atoms with E-state index in [0.717, 1.165) is 89.1 Å². The average Bonchev–Trinajstić information content (AvgIpc) is 1.57. The molecule has 0 bridgehead atoms. The molecule has 0 aliphatic heterocycles. The Labute approximate surface area is 776 Å². The van der Waals surface area contributed by atoms with Gasteiger partial charge in [0.25, 0.3) is 0 Å². The van der Waals surface area contributed by atoms with Gasteiger partial charge in [0.15, 0.2) is 23.3 Å². The first-order valence-corrected chi connectivity index (χ1v) is 45.8. The lowest BCUT2D eigenvalue weighted by atomic mass is 9.91. The molecule has 29 rings (SSSR count). The van der Waals surface area contributed by atoms with Crippen LogP contribution in [0.4, 0.5) is 0 Å². The van der Waals surface area contributed by atoms with Crippen molar-refractivity contribution in [1.29, 1.82) is 0 Å². The number of hydrogen-bond donors (Lipinski definition) is 0. The lowest BCUT2D eigenvalue weighted by Crippen LogP contribution is -2.02. The van der Waals surface area contributed by atoms with Crippen molar-refractivity contribution >= 4 is 97.7 Å². The van der Waals surface area contributed by atoms with E-state index in [1.807, 2.05) is 72.8 Å². The number of fused-ring (bicyclic) bond motifs is 21. The summed E-state index contributed by atoms with van der Waals surface area (Å²) >= 11 is 0. The van der Waals surface area contributed by atoms with E-state index in [1.165, 1.54) is 160 Å². The number of hydrogen-bond acceptors (Lipinski definition) is 7. The quantitative estimate of drug-likeness (QED) is 0.149. The number of benzene rings is 20. The molecule has 0 unspecified atom stereocenters. The van der Waals surface area contributed by atoms with Gasteiger partial charge >= 0.3 is 0 Å². The summed E-state index contributed by atoms with van der Waals surface area (Å²) in [6, 6.07) is 157. The molecule has 0 atom stereocenters. The monoisotopic (exact) mass is 1720 g/mol. The Morgan fingerprint density at radius 2 is 0.481 bits per heavy atom. The number of nitrogens with zero attached hydrogens (tertiary/aromatic N) is 10. The highest BCUT2D eigenvalue weighted by Crippen LogP contribution is 2.55. The summed E-state index contributed by atoms with van der Waals surface area (Å²) < 4.78 is 6.76. The SMILES string of the molecule is c1ccc(-c2nc(-c3ccc(-n4cc5c6c(cccc64)-c4ccccc4-c4cc6ccccc6cc4-5)cc3)nc(-c3ccc4ccccc4c3)n2)cc1.c1ccc(-c2nc(-n3cc4c5c(cccc53)-c3ccccc3-c3cc5ccccc5cc3-4)nc3ccccc23)cc1.c1ccc(-c2nc3ccccc3nc2-n2cc3c4c(cccc42)-c2ccccc2-c2cc4ccccc4cc2-3)cc1. The first-order chi connectivity index (χ1) is 66.9. The van der Waals surface area contributed by atoms with Crippen molar-refractivity contribution in [3.63, 3.8) is 0 Å². The average molecular weight is 1720 g/mol. The predicted molar refractivity (Wildman–Crippen MR) is 556 cm³/mol. The van der Waals surface area contributed by atoms with Crippen LogP contribution in [0.3, 0.4) is 0 Å². The van der Waals surface area contributed by atoms with Crippen LogP contribution in [0.25, 0.3) is 272 Å². The molecule has 3 aliphatic carbocycles. The van der Waals surface area contributed by atoms with Gasteiger partial charge in [0.2, 0.25) is 5.95 Å². The summed E-state index contributed by atoms with van der Waals surface area (Å²) in [5.41, 5.74) is 36.3. The van der Waals surface area contributed by atoms with Gasteiger partial charge < -0.3 is 4.57 Å². The number of rotatable bonds is 8. The van der Waals surface area contributed by atoms with Gasteiger partial charge in [-0.3, -0.25) is 9.13 Å². The van der Waals surface area contributed by atoms with Crippen molar-refractivity contribution in [1.82, 2.24) is 48.6 Å². The predicted octanol–water partition coefficient (Wildman–Crippen LogP) is 31.9. The second-order valence-corrected chi connectivity index (χ2v) is 35.0. The zero-order chi connectivity index (χ0) is 88.7. The van der Waals surface area contributed by atoms with Crippen LogP contribution in [0.5, 0.6) is 0 Å². The van der Waals surface area contributed by atoms with Crippen molar-refractivity contribution in [2.45, 2.75) is 0 Å². The van der Waals surface area contributed by atoms with Crippen LogP contribution < -0.4 is 0 Å². The second kappa shape index (κ2) is 31.3. The summed E-state index contributed by atoms with van der Waals surface area (Å²) in [7, 11) is 0. The lowest BCUT2D eigenvalue weighted by molar-refractivity contribution is 0.985. The molecule has 135 heavy (non-hydrogen) atoms. The fourth-order valence-electron chi connectivity index (χ4n) is 21.0. The van der Waals surface area contributed by atoms with Crippen molar-refractivity contribution in [2.24, 2.45) is 0 Å². The molecule has 0 saturated heterocycles. The maximum Gasteiger partial charge on any atom is 0.235 e. The molecule has 3 aliphatic rings. The van der Waals surface area contributed by atoms with Crippen LogP contribution in [0, 0.1) is 0 Å². The molecule has 0 amide bonds. The van der Waals surface area contributed by atoms with Gasteiger partial charge in [0, 0.05) is 90.3 Å². The normalized spacial score (nSPS) is 11.9. The Morgan fingerprint density at radius 1 is 0.163 bits per heavy atom. The third kappa shape index (κ3) is 12.8. The molecule has 6 aromatic heterocycles. The van der Waals surface area contributed by atoms with Gasteiger partial charge in [-0.2, -0.15) is 0 Å². The summed E-state index contributed by atoms with van der Waals surface area (Å²) in [4.78, 5) is 35.7. The Morgan fingerprint density at radius 3 is 0.948 bits per heavy atom. The molecule has 0 N–H and O–H groups in total. The van der Waals surface area contributed by atoms with Gasteiger partial charge in [-0.15, -0.1) is 0 Å². The topological polar surface area (TPSA) is 105 Å².